The third-order valence-electron chi connectivity index (χ3n) is 5.48. The van der Waals surface area contributed by atoms with Crippen LogP contribution in [0.25, 0.3) is 0 Å². The van der Waals surface area contributed by atoms with E-state index in [1.807, 2.05) is 18.2 Å². The first-order valence-electron chi connectivity index (χ1n) is 10.6. The minimum absolute atomic E-state index is 0.00420. The molecule has 0 aliphatic heterocycles. The highest BCUT2D eigenvalue weighted by atomic mass is 19.2. The number of nitrogens with zero attached hydrogens (tertiary/aromatic N) is 1. The second kappa shape index (κ2) is 10.2. The van der Waals surface area contributed by atoms with E-state index < -0.39 is 52.5 Å². The number of hydrogen-bond acceptors (Lipinski definition) is 3. The molecule has 0 unspecified atom stereocenters. The summed E-state index contributed by atoms with van der Waals surface area (Å²) in [6.45, 7) is -0.242. The van der Waals surface area contributed by atoms with Gasteiger partial charge in [0.1, 0.15) is 5.82 Å². The summed E-state index contributed by atoms with van der Waals surface area (Å²) in [4.78, 5) is 31.3. The number of hydrogen-bond donors (Lipinski definition) is 1. The molecule has 2 amide bonds. The van der Waals surface area contributed by atoms with Crippen molar-refractivity contribution in [2.45, 2.75) is 32.0 Å². The molecule has 0 bridgehead atoms. The maximum atomic E-state index is 14.8. The van der Waals surface area contributed by atoms with E-state index in [2.05, 4.69) is 5.48 Å². The molecule has 1 fully saturated rings. The van der Waals surface area contributed by atoms with Gasteiger partial charge >= 0.3 is 0 Å². The molecule has 1 aliphatic carbocycles. The van der Waals surface area contributed by atoms with Crippen molar-refractivity contribution in [1.29, 1.82) is 0 Å². The molecule has 0 atom stereocenters. The summed E-state index contributed by atoms with van der Waals surface area (Å²) in [6, 6.07) is 12.5. The molecule has 3 aromatic carbocycles. The molecule has 1 N–H and O–H groups in total. The quantitative estimate of drug-likeness (QED) is 0.208. The predicted octanol–water partition coefficient (Wildman–Crippen LogP) is 5.05. The average Bonchev–Trinajstić information content (AvgIpc) is 3.69. The van der Waals surface area contributed by atoms with E-state index in [0.717, 1.165) is 16.5 Å². The SMILES string of the molecule is O=C(NOCc1ccccc1)c1ccc(CN(C(=O)c2cc(F)c(F)c(F)c2F)C2CC2)c(F)c1. The summed E-state index contributed by atoms with van der Waals surface area (Å²) in [5.41, 5.74) is 1.99. The third-order valence-corrected chi connectivity index (χ3v) is 5.48. The maximum Gasteiger partial charge on any atom is 0.274 e. The lowest BCUT2D eigenvalue weighted by Gasteiger charge is -2.23. The zero-order chi connectivity index (χ0) is 25.1. The number of halogens is 5. The molecule has 0 aromatic heterocycles. The van der Waals surface area contributed by atoms with Gasteiger partial charge in [-0.05, 0) is 36.6 Å². The first kappa shape index (κ1) is 24.3. The van der Waals surface area contributed by atoms with Gasteiger partial charge in [-0.15, -0.1) is 0 Å². The molecule has 35 heavy (non-hydrogen) atoms. The molecular formula is C25H19F5N2O3. The Hall–Kier alpha value is -3.79. The van der Waals surface area contributed by atoms with Crippen molar-refractivity contribution >= 4 is 11.8 Å². The van der Waals surface area contributed by atoms with Gasteiger partial charge in [-0.3, -0.25) is 14.4 Å². The van der Waals surface area contributed by atoms with Crippen molar-refractivity contribution in [1.82, 2.24) is 10.4 Å². The fourth-order valence-corrected chi connectivity index (χ4v) is 3.45. The minimum atomic E-state index is -2.10. The Bertz CT molecular complexity index is 1270. The number of carbonyl (C=O) groups excluding carboxylic acids is 2. The number of amides is 2. The van der Waals surface area contributed by atoms with Crippen molar-refractivity contribution in [2.24, 2.45) is 0 Å². The highest BCUT2D eigenvalue weighted by Gasteiger charge is 2.36. The van der Waals surface area contributed by atoms with Crippen molar-refractivity contribution in [3.05, 3.63) is 106 Å². The molecule has 182 valence electrons. The molecule has 0 spiro atoms. The second-order valence-electron chi connectivity index (χ2n) is 8.02. The monoisotopic (exact) mass is 490 g/mol. The molecular weight excluding hydrogens is 471 g/mol. The van der Waals surface area contributed by atoms with Crippen molar-refractivity contribution < 1.29 is 36.4 Å². The zero-order valence-corrected chi connectivity index (χ0v) is 18.2. The minimum Gasteiger partial charge on any atom is -0.331 e. The molecule has 1 aliphatic rings. The highest BCUT2D eigenvalue weighted by molar-refractivity contribution is 5.95. The molecule has 4 rings (SSSR count). The van der Waals surface area contributed by atoms with Gasteiger partial charge in [-0.2, -0.15) is 0 Å². The van der Waals surface area contributed by atoms with Crippen LogP contribution in [0.1, 0.15) is 44.7 Å². The van der Waals surface area contributed by atoms with Gasteiger partial charge in [0.15, 0.2) is 23.3 Å². The topological polar surface area (TPSA) is 58.6 Å². The Labute approximate surface area is 197 Å². The summed E-state index contributed by atoms with van der Waals surface area (Å²) in [5.74, 6) is -10.3. The summed E-state index contributed by atoms with van der Waals surface area (Å²) in [5, 5.41) is 0. The Morgan fingerprint density at radius 2 is 1.60 bits per heavy atom. The van der Waals surface area contributed by atoms with Gasteiger partial charge < -0.3 is 4.90 Å². The van der Waals surface area contributed by atoms with Crippen LogP contribution in [0, 0.1) is 29.1 Å². The summed E-state index contributed by atoms with van der Waals surface area (Å²) >= 11 is 0. The van der Waals surface area contributed by atoms with E-state index in [0.29, 0.717) is 12.8 Å². The van der Waals surface area contributed by atoms with Gasteiger partial charge in [0.25, 0.3) is 11.8 Å². The van der Waals surface area contributed by atoms with Crippen molar-refractivity contribution in [3.8, 4) is 0 Å². The fourth-order valence-electron chi connectivity index (χ4n) is 3.45. The second-order valence-corrected chi connectivity index (χ2v) is 8.02. The third kappa shape index (κ3) is 5.48. The van der Waals surface area contributed by atoms with Crippen LogP contribution >= 0.6 is 0 Å². The van der Waals surface area contributed by atoms with Gasteiger partial charge in [0, 0.05) is 23.7 Å². The maximum absolute atomic E-state index is 14.8. The summed E-state index contributed by atoms with van der Waals surface area (Å²) in [6.07, 6.45) is 1.06. The first-order chi connectivity index (χ1) is 16.8. The standard InChI is InChI=1S/C25H19F5N2O3/c26-19-10-15(24(33)31-35-13-14-4-2-1-3-5-14)6-7-16(19)12-32(17-8-9-17)25(34)18-11-20(27)22(29)23(30)21(18)28/h1-7,10-11,17H,8-9,12-13H2,(H,31,33). The highest BCUT2D eigenvalue weighted by Crippen LogP contribution is 2.31. The average molecular weight is 490 g/mol. The zero-order valence-electron chi connectivity index (χ0n) is 18.2. The van der Waals surface area contributed by atoms with Gasteiger partial charge in [0.05, 0.1) is 12.2 Å². The smallest absolute Gasteiger partial charge is 0.274 e. The normalized spacial score (nSPS) is 12.9. The van der Waals surface area contributed by atoms with E-state index in [4.69, 9.17) is 4.84 Å². The Morgan fingerprint density at radius 1 is 0.886 bits per heavy atom. The molecule has 10 heteroatoms. The number of benzene rings is 3. The first-order valence-corrected chi connectivity index (χ1v) is 10.6. The van der Waals surface area contributed by atoms with Crippen molar-refractivity contribution in [3.63, 3.8) is 0 Å². The van der Waals surface area contributed by atoms with Crippen LogP contribution in [0.15, 0.2) is 54.6 Å². The molecule has 0 saturated heterocycles. The number of nitrogens with one attached hydrogen (secondary N) is 1. The van der Waals surface area contributed by atoms with Crippen LogP contribution in [-0.4, -0.2) is 22.8 Å². The van der Waals surface area contributed by atoms with Gasteiger partial charge in [-0.25, -0.2) is 27.4 Å². The van der Waals surface area contributed by atoms with Gasteiger partial charge in [0.2, 0.25) is 0 Å². The van der Waals surface area contributed by atoms with Crippen LogP contribution in [0.2, 0.25) is 0 Å². The lowest BCUT2D eigenvalue weighted by Crippen LogP contribution is -2.34. The molecule has 1 saturated carbocycles. The van der Waals surface area contributed by atoms with Gasteiger partial charge in [-0.1, -0.05) is 36.4 Å². The Morgan fingerprint density at radius 3 is 2.26 bits per heavy atom. The largest absolute Gasteiger partial charge is 0.331 e. The van der Waals surface area contributed by atoms with E-state index in [1.54, 1.807) is 12.1 Å². The van der Waals surface area contributed by atoms with Crippen LogP contribution in [0.4, 0.5) is 22.0 Å². The number of carbonyl (C=O) groups is 2. The van der Waals surface area contributed by atoms with E-state index in [-0.39, 0.29) is 30.3 Å². The summed E-state index contributed by atoms with van der Waals surface area (Å²) < 4.78 is 69.4. The van der Waals surface area contributed by atoms with E-state index >= 15 is 0 Å². The molecule has 3 aromatic rings. The van der Waals surface area contributed by atoms with Crippen LogP contribution < -0.4 is 5.48 Å². The fraction of sp³-hybridized carbons (Fsp3) is 0.200. The van der Waals surface area contributed by atoms with Crippen molar-refractivity contribution in [2.75, 3.05) is 0 Å². The lowest BCUT2D eigenvalue weighted by atomic mass is 10.1. The number of rotatable bonds is 8. The Kier molecular flexibility index (Phi) is 7.11. The lowest BCUT2D eigenvalue weighted by molar-refractivity contribution is 0.0233. The molecule has 0 heterocycles. The number of hydroxylamine groups is 1. The molecule has 0 radical (unpaired) electrons. The Balaban J connectivity index is 1.46. The van der Waals surface area contributed by atoms with E-state index in [1.165, 1.54) is 12.1 Å². The van der Waals surface area contributed by atoms with E-state index in [9.17, 15) is 31.5 Å². The predicted molar refractivity (Wildman–Crippen MR) is 114 cm³/mol. The van der Waals surface area contributed by atoms with Crippen LogP contribution in [-0.2, 0) is 18.0 Å². The van der Waals surface area contributed by atoms with Crippen LogP contribution in [0.3, 0.4) is 0 Å². The molecule has 5 nitrogen and oxygen atoms in total. The van der Waals surface area contributed by atoms with Crippen LogP contribution in [0.5, 0.6) is 0 Å². The summed E-state index contributed by atoms with van der Waals surface area (Å²) in [7, 11) is 0.